The summed E-state index contributed by atoms with van der Waals surface area (Å²) in [6, 6.07) is 3.73. The molecular formula is C15H22N2O4S. The van der Waals surface area contributed by atoms with Crippen molar-refractivity contribution in [3.63, 3.8) is 0 Å². The van der Waals surface area contributed by atoms with Gasteiger partial charge in [-0.2, -0.15) is 0 Å². The van der Waals surface area contributed by atoms with Crippen LogP contribution in [0.4, 0.5) is 4.79 Å². The minimum Gasteiger partial charge on any atom is -0.448 e. The number of hydrogen-bond acceptors (Lipinski definition) is 4. The number of aryl methyl sites for hydroxylation is 3. The van der Waals surface area contributed by atoms with Crippen molar-refractivity contribution in [3.05, 3.63) is 28.8 Å². The maximum Gasteiger partial charge on any atom is 0.409 e. The standard InChI is InChI=1S/C15H22N2O4S/c1-11-9-12(2)14(13(3)10-11)22(19,20)16-5-4-6-17-7-8-21-15(17)18/h9-10,16H,4-8H2,1-3H3. The van der Waals surface area contributed by atoms with Crippen LogP contribution in [0.25, 0.3) is 0 Å². The van der Waals surface area contributed by atoms with Gasteiger partial charge >= 0.3 is 6.09 Å². The molecule has 22 heavy (non-hydrogen) atoms. The number of sulfonamides is 1. The summed E-state index contributed by atoms with van der Waals surface area (Å²) in [7, 11) is -3.53. The Bertz CT molecular complexity index is 647. The lowest BCUT2D eigenvalue weighted by Gasteiger charge is -2.15. The third-order valence-electron chi connectivity index (χ3n) is 3.62. The van der Waals surface area contributed by atoms with Gasteiger partial charge in [0.1, 0.15) is 6.61 Å². The molecule has 6 nitrogen and oxygen atoms in total. The molecule has 0 radical (unpaired) electrons. The second-order valence-electron chi connectivity index (χ2n) is 5.58. The first-order valence-electron chi connectivity index (χ1n) is 7.30. The van der Waals surface area contributed by atoms with Crippen molar-refractivity contribution in [2.24, 2.45) is 0 Å². The highest BCUT2D eigenvalue weighted by atomic mass is 32.2. The van der Waals surface area contributed by atoms with Crippen molar-refractivity contribution in [3.8, 4) is 0 Å². The largest absolute Gasteiger partial charge is 0.448 e. The third kappa shape index (κ3) is 3.78. The van der Waals surface area contributed by atoms with E-state index in [0.717, 1.165) is 16.7 Å². The Morgan fingerprint density at radius 1 is 1.23 bits per heavy atom. The zero-order valence-electron chi connectivity index (χ0n) is 13.2. The van der Waals surface area contributed by atoms with Crippen molar-refractivity contribution in [2.75, 3.05) is 26.2 Å². The van der Waals surface area contributed by atoms with Gasteiger partial charge in [0.15, 0.2) is 0 Å². The minimum atomic E-state index is -3.53. The van der Waals surface area contributed by atoms with Gasteiger partial charge < -0.3 is 9.64 Å². The Morgan fingerprint density at radius 2 is 1.86 bits per heavy atom. The van der Waals surface area contributed by atoms with Gasteiger partial charge in [-0.3, -0.25) is 0 Å². The van der Waals surface area contributed by atoms with Crippen LogP contribution in [0.2, 0.25) is 0 Å². The highest BCUT2D eigenvalue weighted by molar-refractivity contribution is 7.89. The van der Waals surface area contributed by atoms with Crippen LogP contribution < -0.4 is 4.72 Å². The first-order chi connectivity index (χ1) is 10.3. The van der Waals surface area contributed by atoms with Crippen LogP contribution in [0.5, 0.6) is 0 Å². The average Bonchev–Trinajstić information content (AvgIpc) is 2.78. The van der Waals surface area contributed by atoms with Crippen LogP contribution >= 0.6 is 0 Å². The molecule has 1 aromatic carbocycles. The number of rotatable bonds is 6. The summed E-state index contributed by atoms with van der Waals surface area (Å²) in [5.74, 6) is 0. The molecule has 0 aromatic heterocycles. The van der Waals surface area contributed by atoms with E-state index in [4.69, 9.17) is 4.74 Å². The van der Waals surface area contributed by atoms with Gasteiger partial charge in [0.2, 0.25) is 10.0 Å². The fourth-order valence-corrected chi connectivity index (χ4v) is 4.29. The number of nitrogens with zero attached hydrogens (tertiary/aromatic N) is 1. The predicted octanol–water partition coefficient (Wildman–Crippen LogP) is 1.73. The second-order valence-corrected chi connectivity index (χ2v) is 7.28. The normalized spacial score (nSPS) is 15.2. The number of hydrogen-bond donors (Lipinski definition) is 1. The summed E-state index contributed by atoms with van der Waals surface area (Å²) in [4.78, 5) is 13.2. The quantitative estimate of drug-likeness (QED) is 0.808. The molecule has 122 valence electrons. The van der Waals surface area contributed by atoms with Gasteiger partial charge in [-0.15, -0.1) is 0 Å². The number of benzene rings is 1. The first-order valence-corrected chi connectivity index (χ1v) is 8.79. The van der Waals surface area contributed by atoms with E-state index >= 15 is 0 Å². The Balaban J connectivity index is 1.95. The van der Waals surface area contributed by atoms with E-state index in [1.807, 2.05) is 19.1 Å². The lowest BCUT2D eigenvalue weighted by Crippen LogP contribution is -2.31. The molecule has 0 unspecified atom stereocenters. The zero-order valence-corrected chi connectivity index (χ0v) is 14.0. The Labute approximate surface area is 131 Å². The fourth-order valence-electron chi connectivity index (χ4n) is 2.77. The summed E-state index contributed by atoms with van der Waals surface area (Å²) in [6.07, 6.45) is 0.228. The van der Waals surface area contributed by atoms with Crippen molar-refractivity contribution in [2.45, 2.75) is 32.1 Å². The fraction of sp³-hybridized carbons (Fsp3) is 0.533. The van der Waals surface area contributed by atoms with Crippen molar-refractivity contribution in [1.82, 2.24) is 9.62 Å². The van der Waals surface area contributed by atoms with Crippen molar-refractivity contribution < 1.29 is 17.9 Å². The number of amides is 1. The van der Waals surface area contributed by atoms with Gasteiger partial charge in [0.05, 0.1) is 11.4 Å². The molecule has 1 aliphatic heterocycles. The molecule has 1 aliphatic rings. The summed E-state index contributed by atoms with van der Waals surface area (Å²) in [5, 5.41) is 0. The number of carbonyl (C=O) groups is 1. The minimum absolute atomic E-state index is 0.291. The van der Waals surface area contributed by atoms with Crippen LogP contribution in [-0.4, -0.2) is 45.7 Å². The maximum absolute atomic E-state index is 12.4. The molecule has 1 N–H and O–H groups in total. The van der Waals surface area contributed by atoms with Crippen LogP contribution in [0.1, 0.15) is 23.1 Å². The second kappa shape index (κ2) is 6.66. The average molecular weight is 326 g/mol. The van der Waals surface area contributed by atoms with Crippen molar-refractivity contribution in [1.29, 1.82) is 0 Å². The number of cyclic esters (lactones) is 1. The number of nitrogens with one attached hydrogen (secondary N) is 1. The van der Waals surface area contributed by atoms with Crippen molar-refractivity contribution >= 4 is 16.1 Å². The lowest BCUT2D eigenvalue weighted by atomic mass is 10.1. The Morgan fingerprint density at radius 3 is 2.41 bits per heavy atom. The van der Waals surface area contributed by atoms with E-state index < -0.39 is 10.0 Å². The van der Waals surface area contributed by atoms with E-state index in [1.165, 1.54) is 0 Å². The molecule has 0 spiro atoms. The Kier molecular flexibility index (Phi) is 5.08. The monoisotopic (exact) mass is 326 g/mol. The summed E-state index contributed by atoms with van der Waals surface area (Å²) in [6.45, 7) is 7.31. The molecule has 1 fully saturated rings. The van der Waals surface area contributed by atoms with E-state index in [9.17, 15) is 13.2 Å². The highest BCUT2D eigenvalue weighted by Gasteiger charge is 2.22. The molecule has 0 bridgehead atoms. The molecule has 1 saturated heterocycles. The molecule has 0 saturated carbocycles. The molecule has 1 aromatic rings. The predicted molar refractivity (Wildman–Crippen MR) is 83.4 cm³/mol. The molecule has 1 amide bonds. The summed E-state index contributed by atoms with van der Waals surface area (Å²) < 4.78 is 32.3. The Hall–Kier alpha value is -1.60. The van der Waals surface area contributed by atoms with Gasteiger partial charge in [0, 0.05) is 13.1 Å². The van der Waals surface area contributed by atoms with E-state index in [-0.39, 0.29) is 6.09 Å². The van der Waals surface area contributed by atoms with E-state index in [2.05, 4.69) is 4.72 Å². The molecule has 7 heteroatoms. The summed E-state index contributed by atoms with van der Waals surface area (Å²) >= 11 is 0. The SMILES string of the molecule is Cc1cc(C)c(S(=O)(=O)NCCCN2CCOC2=O)c(C)c1. The molecule has 0 aliphatic carbocycles. The zero-order chi connectivity index (χ0) is 16.3. The maximum atomic E-state index is 12.4. The highest BCUT2D eigenvalue weighted by Crippen LogP contribution is 2.21. The lowest BCUT2D eigenvalue weighted by molar-refractivity contribution is 0.158. The smallest absolute Gasteiger partial charge is 0.409 e. The molecule has 2 rings (SSSR count). The topological polar surface area (TPSA) is 75.7 Å². The van der Waals surface area contributed by atoms with Gasteiger partial charge in [-0.1, -0.05) is 17.7 Å². The third-order valence-corrected chi connectivity index (χ3v) is 5.38. The first kappa shape index (κ1) is 16.8. The van der Waals surface area contributed by atoms with Crippen LogP contribution in [0.3, 0.4) is 0 Å². The van der Waals surface area contributed by atoms with Gasteiger partial charge in [-0.25, -0.2) is 17.9 Å². The molecule has 1 heterocycles. The van der Waals surface area contributed by atoms with Crippen LogP contribution in [0.15, 0.2) is 17.0 Å². The van der Waals surface area contributed by atoms with Crippen LogP contribution in [0, 0.1) is 20.8 Å². The van der Waals surface area contributed by atoms with E-state index in [1.54, 1.807) is 18.7 Å². The molecular weight excluding hydrogens is 304 g/mol. The van der Waals surface area contributed by atoms with E-state index in [0.29, 0.717) is 37.6 Å². The number of ether oxygens (including phenoxy) is 1. The van der Waals surface area contributed by atoms with Crippen LogP contribution in [-0.2, 0) is 14.8 Å². The van der Waals surface area contributed by atoms with Gasteiger partial charge in [-0.05, 0) is 38.3 Å². The summed E-state index contributed by atoms with van der Waals surface area (Å²) in [5.41, 5.74) is 2.53. The van der Waals surface area contributed by atoms with Gasteiger partial charge in [0.25, 0.3) is 0 Å². The number of carbonyl (C=O) groups excluding carboxylic acids is 1. The molecule has 0 atom stereocenters.